The van der Waals surface area contributed by atoms with Gasteiger partial charge in [-0.3, -0.25) is 0 Å². The molecule has 0 saturated heterocycles. The highest BCUT2D eigenvalue weighted by Crippen LogP contribution is 2.24. The molecule has 0 aromatic carbocycles. The number of anilines is 1. The van der Waals surface area contributed by atoms with Crippen molar-refractivity contribution in [2.24, 2.45) is 0 Å². The number of nitrogen functional groups attached to an aromatic ring is 1. The summed E-state index contributed by atoms with van der Waals surface area (Å²) in [5, 5.41) is 7.54. The number of nitrogens with two attached hydrogens (primary N) is 1. The normalized spacial score (nSPS) is 13.0. The lowest BCUT2D eigenvalue weighted by Gasteiger charge is -2.10. The molecule has 1 rings (SSSR count). The highest BCUT2D eigenvalue weighted by atomic mass is 16.5. The Kier molecular flexibility index (Phi) is 4.39. The number of aromatic nitrogens is 2. The predicted octanol–water partition coefficient (Wildman–Crippen LogP) is 1.57. The van der Waals surface area contributed by atoms with Crippen LogP contribution in [0, 0.1) is 0 Å². The number of ether oxygens (including phenoxy) is 1. The fourth-order valence-electron chi connectivity index (χ4n) is 1.41. The minimum Gasteiger partial charge on any atom is -0.408 e. The average molecular weight is 199 g/mol. The van der Waals surface area contributed by atoms with Crippen molar-refractivity contribution in [1.29, 1.82) is 0 Å². The summed E-state index contributed by atoms with van der Waals surface area (Å²) in [6.45, 7) is 2.83. The van der Waals surface area contributed by atoms with Gasteiger partial charge in [-0.25, -0.2) is 0 Å². The first kappa shape index (κ1) is 11.0. The van der Waals surface area contributed by atoms with Crippen LogP contribution in [0.5, 0.6) is 0 Å². The van der Waals surface area contributed by atoms with Gasteiger partial charge >= 0.3 is 6.01 Å². The third-order valence-corrected chi connectivity index (χ3v) is 2.11. The Hall–Kier alpha value is -1.10. The quantitative estimate of drug-likeness (QED) is 0.752. The Morgan fingerprint density at radius 3 is 2.71 bits per heavy atom. The van der Waals surface area contributed by atoms with Gasteiger partial charge in [0.05, 0.1) is 0 Å². The van der Waals surface area contributed by atoms with Crippen molar-refractivity contribution in [2.45, 2.75) is 32.1 Å². The molecular weight excluding hydrogens is 182 g/mol. The van der Waals surface area contributed by atoms with E-state index in [1.54, 1.807) is 7.11 Å². The van der Waals surface area contributed by atoms with Gasteiger partial charge in [-0.05, 0) is 12.8 Å². The van der Waals surface area contributed by atoms with E-state index in [0.29, 0.717) is 12.5 Å². The van der Waals surface area contributed by atoms with Gasteiger partial charge in [0.25, 0.3) is 0 Å². The average Bonchev–Trinajstić information content (AvgIpc) is 2.59. The highest BCUT2D eigenvalue weighted by Gasteiger charge is 2.16. The van der Waals surface area contributed by atoms with E-state index in [-0.39, 0.29) is 11.9 Å². The molecule has 1 aromatic heterocycles. The maximum absolute atomic E-state index is 5.37. The number of hydrogen-bond acceptors (Lipinski definition) is 5. The maximum Gasteiger partial charge on any atom is 0.312 e. The van der Waals surface area contributed by atoms with Crippen LogP contribution in [0.4, 0.5) is 6.01 Å². The molecule has 0 aliphatic carbocycles. The van der Waals surface area contributed by atoms with E-state index < -0.39 is 0 Å². The molecule has 1 unspecified atom stereocenters. The van der Waals surface area contributed by atoms with Crippen molar-refractivity contribution in [3.63, 3.8) is 0 Å². The molecule has 0 saturated carbocycles. The topological polar surface area (TPSA) is 74.2 Å². The zero-order valence-electron chi connectivity index (χ0n) is 8.69. The third-order valence-electron chi connectivity index (χ3n) is 2.11. The van der Waals surface area contributed by atoms with E-state index in [4.69, 9.17) is 14.9 Å². The molecular formula is C9H17N3O2. The first-order valence-electron chi connectivity index (χ1n) is 4.85. The lowest BCUT2D eigenvalue weighted by molar-refractivity contribution is 0.182. The molecule has 0 aliphatic heterocycles. The minimum absolute atomic E-state index is 0.138. The smallest absolute Gasteiger partial charge is 0.312 e. The Morgan fingerprint density at radius 1 is 1.43 bits per heavy atom. The van der Waals surface area contributed by atoms with Crippen molar-refractivity contribution in [3.8, 4) is 0 Å². The molecule has 0 bridgehead atoms. The van der Waals surface area contributed by atoms with Crippen LogP contribution in [0.25, 0.3) is 0 Å². The van der Waals surface area contributed by atoms with Gasteiger partial charge in [0.15, 0.2) is 0 Å². The molecule has 0 aliphatic rings. The second-order valence-electron chi connectivity index (χ2n) is 3.25. The molecule has 0 amide bonds. The van der Waals surface area contributed by atoms with Crippen LogP contribution < -0.4 is 5.73 Å². The Balaban J connectivity index is 2.57. The van der Waals surface area contributed by atoms with E-state index >= 15 is 0 Å². The van der Waals surface area contributed by atoms with Crippen LogP contribution in [0.2, 0.25) is 0 Å². The number of methoxy groups -OCH3 is 1. The summed E-state index contributed by atoms with van der Waals surface area (Å²) in [6.07, 6.45) is 2.99. The fourth-order valence-corrected chi connectivity index (χ4v) is 1.41. The molecule has 14 heavy (non-hydrogen) atoms. The SMILES string of the molecule is CCCC(CCOC)c1nnc(N)o1. The van der Waals surface area contributed by atoms with Crippen LogP contribution in [-0.2, 0) is 4.74 Å². The first-order valence-corrected chi connectivity index (χ1v) is 4.85. The summed E-state index contributed by atoms with van der Waals surface area (Å²) in [5.41, 5.74) is 5.37. The zero-order chi connectivity index (χ0) is 10.4. The molecule has 1 heterocycles. The number of nitrogens with zero attached hydrogens (tertiary/aromatic N) is 2. The van der Waals surface area contributed by atoms with E-state index in [0.717, 1.165) is 19.3 Å². The van der Waals surface area contributed by atoms with Gasteiger partial charge in [-0.15, -0.1) is 5.10 Å². The summed E-state index contributed by atoms with van der Waals surface area (Å²) in [5.74, 6) is 0.895. The summed E-state index contributed by atoms with van der Waals surface area (Å²) >= 11 is 0. The largest absolute Gasteiger partial charge is 0.408 e. The van der Waals surface area contributed by atoms with Crippen LogP contribution in [0.3, 0.4) is 0 Å². The van der Waals surface area contributed by atoms with Crippen molar-refractivity contribution in [3.05, 3.63) is 5.89 Å². The van der Waals surface area contributed by atoms with Crippen LogP contribution in [0.15, 0.2) is 4.42 Å². The third kappa shape index (κ3) is 2.99. The zero-order valence-corrected chi connectivity index (χ0v) is 8.69. The molecule has 5 heteroatoms. The van der Waals surface area contributed by atoms with Crippen molar-refractivity contribution in [2.75, 3.05) is 19.5 Å². The Bertz CT molecular complexity index is 262. The highest BCUT2D eigenvalue weighted by molar-refractivity contribution is 5.06. The van der Waals surface area contributed by atoms with Gasteiger partial charge < -0.3 is 14.9 Å². The molecule has 0 spiro atoms. The standard InChI is InChI=1S/C9H17N3O2/c1-3-4-7(5-6-13-2)8-11-12-9(10)14-8/h7H,3-6H2,1-2H3,(H2,10,12). The van der Waals surface area contributed by atoms with Crippen molar-refractivity contribution < 1.29 is 9.15 Å². The minimum atomic E-state index is 0.138. The molecule has 2 N–H and O–H groups in total. The van der Waals surface area contributed by atoms with Gasteiger partial charge in [0.1, 0.15) is 0 Å². The van der Waals surface area contributed by atoms with E-state index in [9.17, 15) is 0 Å². The fraction of sp³-hybridized carbons (Fsp3) is 0.778. The summed E-state index contributed by atoms with van der Waals surface area (Å²) in [6, 6.07) is 0.138. The lowest BCUT2D eigenvalue weighted by atomic mass is 10.0. The molecule has 0 fully saturated rings. The summed E-state index contributed by atoms with van der Waals surface area (Å²) < 4.78 is 10.2. The van der Waals surface area contributed by atoms with E-state index in [1.807, 2.05) is 0 Å². The lowest BCUT2D eigenvalue weighted by Crippen LogP contribution is -2.03. The second-order valence-corrected chi connectivity index (χ2v) is 3.25. The summed E-state index contributed by atoms with van der Waals surface area (Å²) in [4.78, 5) is 0. The van der Waals surface area contributed by atoms with Gasteiger partial charge in [-0.1, -0.05) is 18.4 Å². The van der Waals surface area contributed by atoms with Crippen LogP contribution in [-0.4, -0.2) is 23.9 Å². The van der Waals surface area contributed by atoms with E-state index in [2.05, 4.69) is 17.1 Å². The first-order chi connectivity index (χ1) is 6.77. The van der Waals surface area contributed by atoms with E-state index in [1.165, 1.54) is 0 Å². The van der Waals surface area contributed by atoms with Gasteiger partial charge in [0.2, 0.25) is 5.89 Å². The second kappa shape index (κ2) is 5.59. The van der Waals surface area contributed by atoms with Crippen LogP contribution >= 0.6 is 0 Å². The number of hydrogen-bond donors (Lipinski definition) is 1. The molecule has 1 atom stereocenters. The molecule has 1 aromatic rings. The van der Waals surface area contributed by atoms with Crippen molar-refractivity contribution >= 4 is 6.01 Å². The summed E-state index contributed by atoms with van der Waals surface area (Å²) in [7, 11) is 1.69. The number of rotatable bonds is 6. The molecule has 5 nitrogen and oxygen atoms in total. The maximum atomic E-state index is 5.37. The van der Waals surface area contributed by atoms with Gasteiger partial charge in [-0.2, -0.15) is 0 Å². The molecule has 80 valence electrons. The monoisotopic (exact) mass is 199 g/mol. The Labute approximate surface area is 83.6 Å². The van der Waals surface area contributed by atoms with Crippen LogP contribution in [0.1, 0.15) is 38.0 Å². The predicted molar refractivity (Wildman–Crippen MR) is 52.9 cm³/mol. The van der Waals surface area contributed by atoms with Crippen molar-refractivity contribution in [1.82, 2.24) is 10.2 Å². The molecule has 0 radical (unpaired) electrons. The van der Waals surface area contributed by atoms with Gasteiger partial charge in [0, 0.05) is 19.6 Å². The Morgan fingerprint density at radius 2 is 2.21 bits per heavy atom.